The quantitative estimate of drug-likeness (QED) is 0.734. The molecule has 130 valence electrons. The van der Waals surface area contributed by atoms with E-state index in [9.17, 15) is 4.79 Å². The van der Waals surface area contributed by atoms with Crippen molar-refractivity contribution in [2.75, 3.05) is 26.2 Å². The van der Waals surface area contributed by atoms with Crippen LogP contribution in [0, 0.1) is 6.92 Å². The minimum absolute atomic E-state index is 0.0864. The zero-order valence-corrected chi connectivity index (χ0v) is 14.0. The van der Waals surface area contributed by atoms with Crippen LogP contribution in [-0.2, 0) is 11.2 Å². The van der Waals surface area contributed by atoms with Crippen LogP contribution in [0.3, 0.4) is 0 Å². The summed E-state index contributed by atoms with van der Waals surface area (Å²) in [6.07, 6.45) is 0.558. The van der Waals surface area contributed by atoms with E-state index in [1.807, 2.05) is 25.1 Å². The predicted octanol–water partition coefficient (Wildman–Crippen LogP) is 0.966. The molecule has 0 bridgehead atoms. The second-order valence-corrected chi connectivity index (χ2v) is 6.22. The van der Waals surface area contributed by atoms with Crippen molar-refractivity contribution in [1.82, 2.24) is 30.0 Å². The minimum atomic E-state index is -0.123. The lowest BCUT2D eigenvalue weighted by atomic mass is 10.2. The predicted molar refractivity (Wildman–Crippen MR) is 92.3 cm³/mol. The van der Waals surface area contributed by atoms with Crippen LogP contribution in [0.2, 0.25) is 0 Å². The number of nitrogens with one attached hydrogen (secondary N) is 2. The molecule has 3 aromatic rings. The molecule has 0 saturated carbocycles. The van der Waals surface area contributed by atoms with Crippen LogP contribution in [0.25, 0.3) is 10.9 Å². The second-order valence-electron chi connectivity index (χ2n) is 6.22. The van der Waals surface area contributed by atoms with Crippen molar-refractivity contribution in [3.05, 3.63) is 52.1 Å². The molecular weight excluding hydrogens is 320 g/mol. The van der Waals surface area contributed by atoms with Gasteiger partial charge in [-0.3, -0.25) is 14.8 Å². The maximum atomic E-state index is 12.1. The number of morpholine rings is 1. The van der Waals surface area contributed by atoms with Gasteiger partial charge in [-0.05, 0) is 19.1 Å². The number of hydrogen-bond acceptors (Lipinski definition) is 6. The number of aromatic amines is 2. The first-order chi connectivity index (χ1) is 12.2. The molecule has 3 heterocycles. The van der Waals surface area contributed by atoms with E-state index < -0.39 is 0 Å². The van der Waals surface area contributed by atoms with E-state index in [1.54, 1.807) is 6.07 Å². The number of nitrogens with zero attached hydrogens (tertiary/aromatic N) is 4. The summed E-state index contributed by atoms with van der Waals surface area (Å²) in [4.78, 5) is 26.2. The van der Waals surface area contributed by atoms with Crippen LogP contribution < -0.4 is 5.56 Å². The summed E-state index contributed by atoms with van der Waals surface area (Å²) < 4.78 is 5.78. The lowest BCUT2D eigenvalue weighted by Crippen LogP contribution is -2.40. The third-order valence-corrected chi connectivity index (χ3v) is 4.38. The Labute approximate surface area is 144 Å². The summed E-state index contributed by atoms with van der Waals surface area (Å²) in [6, 6.07) is 7.39. The summed E-state index contributed by atoms with van der Waals surface area (Å²) in [5.41, 5.74) is 0.647. The largest absolute Gasteiger partial charge is 0.367 e. The van der Waals surface area contributed by atoms with Crippen molar-refractivity contribution < 1.29 is 4.74 Å². The zero-order valence-electron chi connectivity index (χ0n) is 14.0. The number of hydrogen-bond donors (Lipinski definition) is 2. The van der Waals surface area contributed by atoms with Gasteiger partial charge in [-0.2, -0.15) is 5.10 Å². The molecule has 4 rings (SSSR count). The normalized spacial score (nSPS) is 18.7. The van der Waals surface area contributed by atoms with E-state index in [-0.39, 0.29) is 11.7 Å². The summed E-state index contributed by atoms with van der Waals surface area (Å²) in [7, 11) is 0. The first kappa shape index (κ1) is 15.9. The van der Waals surface area contributed by atoms with Crippen molar-refractivity contribution in [2.45, 2.75) is 19.4 Å². The third-order valence-electron chi connectivity index (χ3n) is 4.38. The Hall–Kier alpha value is -2.58. The van der Waals surface area contributed by atoms with Gasteiger partial charge in [0.1, 0.15) is 17.8 Å². The lowest BCUT2D eigenvalue weighted by Gasteiger charge is -2.31. The molecule has 0 aliphatic carbocycles. The van der Waals surface area contributed by atoms with Crippen molar-refractivity contribution >= 4 is 10.9 Å². The average molecular weight is 340 g/mol. The highest BCUT2D eigenvalue weighted by Crippen LogP contribution is 2.19. The van der Waals surface area contributed by atoms with E-state index in [1.165, 1.54) is 0 Å². The number of rotatable bonds is 4. The smallest absolute Gasteiger partial charge is 0.258 e. The van der Waals surface area contributed by atoms with Gasteiger partial charge in [0.2, 0.25) is 0 Å². The molecule has 1 aliphatic rings. The Morgan fingerprint density at radius 3 is 3.04 bits per heavy atom. The highest BCUT2D eigenvalue weighted by atomic mass is 16.5. The molecule has 0 radical (unpaired) electrons. The van der Waals surface area contributed by atoms with Crippen molar-refractivity contribution in [1.29, 1.82) is 0 Å². The molecule has 1 atom stereocenters. The molecule has 8 heteroatoms. The topological polar surface area (TPSA) is 99.8 Å². The highest BCUT2D eigenvalue weighted by Gasteiger charge is 2.25. The molecule has 0 spiro atoms. The molecule has 0 amide bonds. The summed E-state index contributed by atoms with van der Waals surface area (Å²) in [5, 5.41) is 7.67. The zero-order chi connectivity index (χ0) is 17.2. The summed E-state index contributed by atoms with van der Waals surface area (Å²) in [5.74, 6) is 2.19. The van der Waals surface area contributed by atoms with Crippen LogP contribution in [-0.4, -0.2) is 56.3 Å². The van der Waals surface area contributed by atoms with Gasteiger partial charge in [0.15, 0.2) is 5.82 Å². The number of aromatic nitrogens is 5. The minimum Gasteiger partial charge on any atom is -0.367 e. The number of aryl methyl sites for hydroxylation is 1. The fourth-order valence-electron chi connectivity index (χ4n) is 3.08. The van der Waals surface area contributed by atoms with Gasteiger partial charge in [-0.25, -0.2) is 9.97 Å². The third kappa shape index (κ3) is 3.45. The van der Waals surface area contributed by atoms with Gasteiger partial charge in [-0.15, -0.1) is 0 Å². The second kappa shape index (κ2) is 6.73. The van der Waals surface area contributed by atoms with Crippen LogP contribution >= 0.6 is 0 Å². The molecular formula is C17H20N6O2. The first-order valence-electron chi connectivity index (χ1n) is 8.40. The maximum absolute atomic E-state index is 12.1. The fourth-order valence-corrected chi connectivity index (χ4v) is 3.08. The maximum Gasteiger partial charge on any atom is 0.258 e. The lowest BCUT2D eigenvalue weighted by molar-refractivity contribution is -0.0339. The van der Waals surface area contributed by atoms with E-state index in [4.69, 9.17) is 4.74 Å². The fraction of sp³-hybridized carbons (Fsp3) is 0.412. The molecule has 1 aliphatic heterocycles. The van der Waals surface area contributed by atoms with Crippen molar-refractivity contribution in [2.24, 2.45) is 0 Å². The molecule has 2 aromatic heterocycles. The van der Waals surface area contributed by atoms with E-state index in [0.717, 1.165) is 31.0 Å². The van der Waals surface area contributed by atoms with Crippen LogP contribution in [0.4, 0.5) is 0 Å². The molecule has 1 saturated heterocycles. The van der Waals surface area contributed by atoms with Crippen LogP contribution in [0.15, 0.2) is 29.1 Å². The highest BCUT2D eigenvalue weighted by molar-refractivity contribution is 5.77. The standard InChI is InChI=1S/C17H20N6O2/c1-11-18-16(22-21-11)14-10-23(8-9-25-14)7-6-15-19-13-5-3-2-4-12(13)17(24)20-15/h2-5,14H,6-10H2,1H3,(H,18,21,22)(H,19,20,24)/t14-/m0/s1. The number of fused-ring (bicyclic) bond motifs is 1. The SMILES string of the molecule is Cc1nc([C@@H]2CN(CCc3nc4ccccc4c(=O)[nH]3)CCO2)n[nH]1. The van der Waals surface area contributed by atoms with Crippen LogP contribution in [0.5, 0.6) is 0 Å². The Bertz CT molecular complexity index is 934. The monoisotopic (exact) mass is 340 g/mol. The van der Waals surface area contributed by atoms with Gasteiger partial charge >= 0.3 is 0 Å². The average Bonchev–Trinajstić information content (AvgIpc) is 3.07. The molecule has 25 heavy (non-hydrogen) atoms. The number of benzene rings is 1. The summed E-state index contributed by atoms with van der Waals surface area (Å²) in [6.45, 7) is 4.89. The van der Waals surface area contributed by atoms with Gasteiger partial charge < -0.3 is 9.72 Å². The molecule has 1 aromatic carbocycles. The van der Waals surface area contributed by atoms with Gasteiger partial charge in [0.25, 0.3) is 5.56 Å². The Morgan fingerprint density at radius 1 is 1.32 bits per heavy atom. The molecule has 0 unspecified atom stereocenters. The Kier molecular flexibility index (Phi) is 4.29. The molecule has 1 fully saturated rings. The van der Waals surface area contributed by atoms with Gasteiger partial charge in [0.05, 0.1) is 17.5 Å². The first-order valence-corrected chi connectivity index (χ1v) is 8.40. The van der Waals surface area contributed by atoms with Crippen molar-refractivity contribution in [3.8, 4) is 0 Å². The Morgan fingerprint density at radius 2 is 2.20 bits per heavy atom. The van der Waals surface area contributed by atoms with Gasteiger partial charge in [0, 0.05) is 26.1 Å². The van der Waals surface area contributed by atoms with Gasteiger partial charge in [-0.1, -0.05) is 12.1 Å². The van der Waals surface area contributed by atoms with E-state index in [0.29, 0.717) is 30.1 Å². The number of H-pyrrole nitrogens is 2. The Balaban J connectivity index is 1.43. The molecule has 8 nitrogen and oxygen atoms in total. The summed E-state index contributed by atoms with van der Waals surface area (Å²) >= 11 is 0. The number of para-hydroxylation sites is 1. The van der Waals surface area contributed by atoms with Crippen molar-refractivity contribution in [3.63, 3.8) is 0 Å². The molecule has 2 N–H and O–H groups in total. The van der Waals surface area contributed by atoms with E-state index >= 15 is 0 Å². The number of ether oxygens (including phenoxy) is 1. The van der Waals surface area contributed by atoms with Crippen LogP contribution in [0.1, 0.15) is 23.6 Å². The van der Waals surface area contributed by atoms with E-state index in [2.05, 4.69) is 30.0 Å².